The van der Waals surface area contributed by atoms with Gasteiger partial charge < -0.3 is 9.84 Å². The van der Waals surface area contributed by atoms with Crippen molar-refractivity contribution in [1.29, 1.82) is 0 Å². The number of nitrogens with zero attached hydrogens (tertiary/aromatic N) is 1. The normalized spacial score (nSPS) is 11.6. The zero-order valence-electron chi connectivity index (χ0n) is 15.2. The fourth-order valence-corrected chi connectivity index (χ4v) is 2.71. The van der Waals surface area contributed by atoms with Crippen LogP contribution in [0.25, 0.3) is 0 Å². The minimum Gasteiger partial charge on any atom is -0.489 e. The van der Waals surface area contributed by atoms with Gasteiger partial charge in [0.2, 0.25) is 0 Å². The molecule has 0 radical (unpaired) electrons. The maximum absolute atomic E-state index is 12.4. The molecule has 0 spiro atoms. The predicted molar refractivity (Wildman–Crippen MR) is 101 cm³/mol. The summed E-state index contributed by atoms with van der Waals surface area (Å²) in [6.45, 7) is 4.13. The van der Waals surface area contributed by atoms with E-state index in [-0.39, 0.29) is 18.4 Å². The first kappa shape index (κ1) is 19.5. The molecule has 0 aliphatic heterocycles. The first-order valence-electron chi connectivity index (χ1n) is 8.80. The fourth-order valence-electron chi connectivity index (χ4n) is 2.71. The molecule has 0 saturated heterocycles. The molecule has 5 heteroatoms. The van der Waals surface area contributed by atoms with Crippen LogP contribution in [0.1, 0.15) is 42.6 Å². The Kier molecular flexibility index (Phi) is 7.21. The molecular formula is C21H25NO4. The third-order valence-electron chi connectivity index (χ3n) is 4.22. The van der Waals surface area contributed by atoms with Gasteiger partial charge >= 0.3 is 6.09 Å². The van der Waals surface area contributed by atoms with E-state index in [1.807, 2.05) is 44.2 Å². The molecule has 0 saturated carbocycles. The van der Waals surface area contributed by atoms with Gasteiger partial charge in [-0.05, 0) is 43.2 Å². The molecule has 0 aliphatic carbocycles. The van der Waals surface area contributed by atoms with E-state index in [1.54, 1.807) is 24.3 Å². The van der Waals surface area contributed by atoms with Gasteiger partial charge in [0.25, 0.3) is 0 Å². The van der Waals surface area contributed by atoms with Crippen molar-refractivity contribution in [2.45, 2.75) is 39.3 Å². The second-order valence-corrected chi connectivity index (χ2v) is 6.27. The van der Waals surface area contributed by atoms with E-state index in [9.17, 15) is 14.7 Å². The van der Waals surface area contributed by atoms with Crippen LogP contribution in [0.15, 0.2) is 54.6 Å². The molecule has 2 aromatic rings. The Hall–Kier alpha value is -2.82. The van der Waals surface area contributed by atoms with Crippen LogP contribution in [0, 0.1) is 0 Å². The summed E-state index contributed by atoms with van der Waals surface area (Å²) in [6.07, 6.45) is 0.528. The third kappa shape index (κ3) is 5.62. The summed E-state index contributed by atoms with van der Waals surface area (Å²) in [7, 11) is 0. The average Bonchev–Trinajstić information content (AvgIpc) is 2.65. The number of carbonyl (C=O) groups is 2. The van der Waals surface area contributed by atoms with Crippen LogP contribution in [0.5, 0.6) is 5.75 Å². The van der Waals surface area contributed by atoms with Gasteiger partial charge in [-0.25, -0.2) is 4.79 Å². The highest BCUT2D eigenvalue weighted by Gasteiger charge is 2.22. The molecule has 2 rings (SSSR count). The van der Waals surface area contributed by atoms with E-state index in [0.29, 0.717) is 17.9 Å². The monoisotopic (exact) mass is 355 g/mol. The Balaban J connectivity index is 1.95. The summed E-state index contributed by atoms with van der Waals surface area (Å²) < 4.78 is 5.70. The number of hydrogen-bond acceptors (Lipinski definition) is 3. The Bertz CT molecular complexity index is 713. The van der Waals surface area contributed by atoms with Crippen molar-refractivity contribution in [2.24, 2.45) is 0 Å². The van der Waals surface area contributed by atoms with Crippen LogP contribution in [0.4, 0.5) is 4.79 Å². The molecule has 1 amide bonds. The first-order valence-corrected chi connectivity index (χ1v) is 8.80. The number of ketones is 1. The number of carbonyl (C=O) groups excluding carboxylic acids is 1. The highest BCUT2D eigenvalue weighted by molar-refractivity contribution is 5.98. The standard InChI is InChI=1S/C21H25NO4/c1-3-7-16(2)22(21(24)25)14-20(23)18-10-12-19(13-11-18)26-15-17-8-5-4-6-9-17/h4-6,8-13,16H,3,7,14-15H2,1-2H3,(H,24,25)/t16-/m1/s1. The average molecular weight is 355 g/mol. The largest absolute Gasteiger partial charge is 0.489 e. The lowest BCUT2D eigenvalue weighted by atomic mass is 10.1. The molecule has 26 heavy (non-hydrogen) atoms. The number of hydrogen-bond donors (Lipinski definition) is 1. The van der Waals surface area contributed by atoms with Gasteiger partial charge in [0, 0.05) is 11.6 Å². The summed E-state index contributed by atoms with van der Waals surface area (Å²) in [5.41, 5.74) is 1.54. The van der Waals surface area contributed by atoms with E-state index in [4.69, 9.17) is 4.74 Å². The zero-order valence-corrected chi connectivity index (χ0v) is 15.2. The summed E-state index contributed by atoms with van der Waals surface area (Å²) in [5.74, 6) is 0.449. The van der Waals surface area contributed by atoms with Crippen molar-refractivity contribution in [3.8, 4) is 5.75 Å². The molecular weight excluding hydrogens is 330 g/mol. The Labute approximate surface area is 154 Å². The number of benzene rings is 2. The van der Waals surface area contributed by atoms with Gasteiger partial charge in [-0.3, -0.25) is 9.69 Å². The van der Waals surface area contributed by atoms with Crippen molar-refractivity contribution >= 4 is 11.9 Å². The molecule has 0 aliphatic rings. The third-order valence-corrected chi connectivity index (χ3v) is 4.22. The Morgan fingerprint density at radius 1 is 1.08 bits per heavy atom. The van der Waals surface area contributed by atoms with Crippen LogP contribution < -0.4 is 4.74 Å². The molecule has 0 unspecified atom stereocenters. The van der Waals surface area contributed by atoms with Crippen LogP contribution in [-0.2, 0) is 6.61 Å². The molecule has 1 atom stereocenters. The number of amides is 1. The van der Waals surface area contributed by atoms with Gasteiger partial charge in [-0.1, -0.05) is 43.7 Å². The SMILES string of the molecule is CCC[C@@H](C)N(CC(=O)c1ccc(OCc2ccccc2)cc1)C(=O)O. The predicted octanol–water partition coefficient (Wildman–Crippen LogP) is 4.62. The molecule has 5 nitrogen and oxygen atoms in total. The number of Topliss-reactive ketones (excluding diaryl/α,β-unsaturated/α-hetero) is 1. The topological polar surface area (TPSA) is 66.8 Å². The summed E-state index contributed by atoms with van der Waals surface area (Å²) in [6, 6.07) is 16.4. The molecule has 2 aromatic carbocycles. The maximum Gasteiger partial charge on any atom is 0.407 e. The number of ether oxygens (including phenoxy) is 1. The van der Waals surface area contributed by atoms with Crippen LogP contribution >= 0.6 is 0 Å². The lowest BCUT2D eigenvalue weighted by Gasteiger charge is -2.25. The smallest absolute Gasteiger partial charge is 0.407 e. The molecule has 0 bridgehead atoms. The molecule has 1 N–H and O–H groups in total. The minimum atomic E-state index is -1.07. The van der Waals surface area contributed by atoms with Gasteiger partial charge in [-0.2, -0.15) is 0 Å². The Morgan fingerprint density at radius 3 is 2.31 bits per heavy atom. The summed E-state index contributed by atoms with van der Waals surface area (Å²) >= 11 is 0. The van der Waals surface area contributed by atoms with Gasteiger partial charge in [-0.15, -0.1) is 0 Å². The van der Waals surface area contributed by atoms with Gasteiger partial charge in [0.15, 0.2) is 5.78 Å². The van der Waals surface area contributed by atoms with Crippen molar-refractivity contribution in [3.05, 3.63) is 65.7 Å². The van der Waals surface area contributed by atoms with E-state index in [2.05, 4.69) is 0 Å². The van der Waals surface area contributed by atoms with Crippen molar-refractivity contribution in [1.82, 2.24) is 4.90 Å². The highest BCUT2D eigenvalue weighted by atomic mass is 16.5. The van der Waals surface area contributed by atoms with Crippen molar-refractivity contribution in [2.75, 3.05) is 6.54 Å². The second kappa shape index (κ2) is 9.61. The molecule has 138 valence electrons. The van der Waals surface area contributed by atoms with E-state index in [1.165, 1.54) is 4.90 Å². The van der Waals surface area contributed by atoms with Gasteiger partial charge in [0.05, 0.1) is 6.54 Å². The summed E-state index contributed by atoms with van der Waals surface area (Å²) in [4.78, 5) is 25.0. The maximum atomic E-state index is 12.4. The summed E-state index contributed by atoms with van der Waals surface area (Å²) in [5, 5.41) is 9.34. The lowest BCUT2D eigenvalue weighted by Crippen LogP contribution is -2.41. The van der Waals surface area contributed by atoms with Crippen LogP contribution in [0.2, 0.25) is 0 Å². The van der Waals surface area contributed by atoms with Crippen molar-refractivity contribution < 1.29 is 19.4 Å². The van der Waals surface area contributed by atoms with E-state index >= 15 is 0 Å². The number of carboxylic acid groups (broad SMARTS) is 1. The van der Waals surface area contributed by atoms with Crippen LogP contribution in [0.3, 0.4) is 0 Å². The van der Waals surface area contributed by atoms with E-state index in [0.717, 1.165) is 18.4 Å². The quantitative estimate of drug-likeness (QED) is 0.667. The molecule has 0 heterocycles. The minimum absolute atomic E-state index is 0.138. The zero-order chi connectivity index (χ0) is 18.9. The fraction of sp³-hybridized carbons (Fsp3) is 0.333. The van der Waals surface area contributed by atoms with E-state index < -0.39 is 6.09 Å². The van der Waals surface area contributed by atoms with Gasteiger partial charge in [0.1, 0.15) is 12.4 Å². The lowest BCUT2D eigenvalue weighted by molar-refractivity contribution is 0.0859. The number of rotatable bonds is 9. The Morgan fingerprint density at radius 2 is 1.73 bits per heavy atom. The first-order chi connectivity index (χ1) is 12.5. The molecule has 0 fully saturated rings. The highest BCUT2D eigenvalue weighted by Crippen LogP contribution is 2.16. The molecule has 0 aromatic heterocycles. The second-order valence-electron chi connectivity index (χ2n) is 6.27. The van der Waals surface area contributed by atoms with Crippen LogP contribution in [-0.4, -0.2) is 34.5 Å². The van der Waals surface area contributed by atoms with Crippen molar-refractivity contribution in [3.63, 3.8) is 0 Å².